The van der Waals surface area contributed by atoms with Gasteiger partial charge in [0.05, 0.1) is 17.0 Å². The van der Waals surface area contributed by atoms with Gasteiger partial charge in [0.25, 0.3) is 0 Å². The Hall–Kier alpha value is -0.280. The van der Waals surface area contributed by atoms with E-state index in [0.717, 1.165) is 24.3 Å². The number of alkyl halides is 1. The van der Waals surface area contributed by atoms with Crippen LogP contribution in [0.25, 0.3) is 0 Å². The zero-order valence-corrected chi connectivity index (χ0v) is 13.6. The molecule has 4 heteroatoms. The number of hydrogen-bond acceptors (Lipinski definition) is 1. The Morgan fingerprint density at radius 1 is 1.32 bits per heavy atom. The Kier molecular flexibility index (Phi) is 5.13. The molecule has 0 spiro atoms. The Morgan fingerprint density at radius 3 is 2.53 bits per heavy atom. The second-order valence-corrected chi connectivity index (χ2v) is 6.75. The summed E-state index contributed by atoms with van der Waals surface area (Å²) in [5.74, 6) is 1.46. The molecule has 2 rings (SSSR count). The van der Waals surface area contributed by atoms with Crippen LogP contribution >= 0.6 is 27.5 Å². The number of halogens is 3. The lowest BCUT2D eigenvalue weighted by Crippen LogP contribution is -2.17. The van der Waals surface area contributed by atoms with Crippen molar-refractivity contribution in [2.24, 2.45) is 11.8 Å². The molecule has 0 aliphatic heterocycles. The topological polar surface area (TPSA) is 9.23 Å². The van der Waals surface area contributed by atoms with E-state index < -0.39 is 0 Å². The van der Waals surface area contributed by atoms with Gasteiger partial charge in [-0.25, -0.2) is 4.39 Å². The molecular formula is C15H19BrClFO. The van der Waals surface area contributed by atoms with E-state index in [1.165, 1.54) is 18.9 Å². The second kappa shape index (κ2) is 6.45. The van der Waals surface area contributed by atoms with Crippen LogP contribution in [0, 0.1) is 17.7 Å². The highest BCUT2D eigenvalue weighted by molar-refractivity contribution is 9.10. The largest absolute Gasteiger partial charge is 0.496 e. The first-order valence-corrected chi connectivity index (χ1v) is 7.93. The molecule has 1 nitrogen and oxygen atoms in total. The van der Waals surface area contributed by atoms with E-state index in [9.17, 15) is 4.39 Å². The summed E-state index contributed by atoms with van der Waals surface area (Å²) in [6, 6.07) is 3.16. The predicted molar refractivity (Wildman–Crippen MR) is 80.4 cm³/mol. The summed E-state index contributed by atoms with van der Waals surface area (Å²) in [6.45, 7) is 2.29. The standard InChI is InChI=1S/C15H19BrClFO/c1-9-3-5-10(6-4-9)15(17)11-7-12(16)13(18)8-14(11)19-2/h7-10,15H,3-6H2,1-2H3. The molecule has 19 heavy (non-hydrogen) atoms. The summed E-state index contributed by atoms with van der Waals surface area (Å²) in [4.78, 5) is 0. The molecule has 1 saturated carbocycles. The molecular weight excluding hydrogens is 331 g/mol. The molecule has 1 aromatic rings. The van der Waals surface area contributed by atoms with Gasteiger partial charge in [-0.3, -0.25) is 0 Å². The summed E-state index contributed by atoms with van der Waals surface area (Å²) >= 11 is 9.84. The average molecular weight is 350 g/mol. The lowest BCUT2D eigenvalue weighted by Gasteiger charge is -2.30. The quantitative estimate of drug-likeness (QED) is 0.636. The van der Waals surface area contributed by atoms with Gasteiger partial charge in [0.15, 0.2) is 0 Å². The van der Waals surface area contributed by atoms with Gasteiger partial charge in [-0.05, 0) is 46.7 Å². The highest BCUT2D eigenvalue weighted by Crippen LogP contribution is 2.44. The first-order chi connectivity index (χ1) is 9.02. The molecule has 1 aliphatic rings. The van der Waals surface area contributed by atoms with Crippen LogP contribution in [0.5, 0.6) is 5.75 Å². The molecule has 0 bridgehead atoms. The maximum atomic E-state index is 13.5. The summed E-state index contributed by atoms with van der Waals surface area (Å²) < 4.78 is 19.2. The van der Waals surface area contributed by atoms with Crippen LogP contribution in [0.4, 0.5) is 4.39 Å². The summed E-state index contributed by atoms with van der Waals surface area (Å²) in [5, 5.41) is -0.112. The Bertz CT molecular complexity index is 444. The Balaban J connectivity index is 2.22. The van der Waals surface area contributed by atoms with Crippen molar-refractivity contribution < 1.29 is 9.13 Å². The molecule has 0 amide bonds. The third kappa shape index (κ3) is 3.43. The number of benzene rings is 1. The minimum atomic E-state index is -0.318. The van der Waals surface area contributed by atoms with Crippen molar-refractivity contribution in [2.45, 2.75) is 38.0 Å². The summed E-state index contributed by atoms with van der Waals surface area (Å²) in [5.41, 5.74) is 0.886. The smallest absolute Gasteiger partial charge is 0.141 e. The lowest BCUT2D eigenvalue weighted by atomic mass is 9.79. The lowest BCUT2D eigenvalue weighted by molar-refractivity contribution is 0.280. The molecule has 106 valence electrons. The second-order valence-electron chi connectivity index (χ2n) is 5.43. The minimum Gasteiger partial charge on any atom is -0.496 e. The van der Waals surface area contributed by atoms with Crippen LogP contribution in [0.1, 0.15) is 43.5 Å². The molecule has 0 saturated heterocycles. The van der Waals surface area contributed by atoms with E-state index in [1.54, 1.807) is 13.2 Å². The fourth-order valence-corrected chi connectivity index (χ4v) is 3.55. The van der Waals surface area contributed by atoms with E-state index in [-0.39, 0.29) is 11.2 Å². The van der Waals surface area contributed by atoms with Gasteiger partial charge in [0, 0.05) is 11.6 Å². The molecule has 0 aromatic heterocycles. The van der Waals surface area contributed by atoms with Gasteiger partial charge in [0.1, 0.15) is 11.6 Å². The SMILES string of the molecule is COc1cc(F)c(Br)cc1C(Cl)C1CCC(C)CC1. The van der Waals surface area contributed by atoms with Crippen LogP contribution < -0.4 is 4.74 Å². The zero-order valence-electron chi connectivity index (χ0n) is 11.3. The van der Waals surface area contributed by atoms with Crippen molar-refractivity contribution in [3.63, 3.8) is 0 Å². The molecule has 1 atom stereocenters. The zero-order chi connectivity index (χ0) is 14.0. The third-order valence-corrected chi connectivity index (χ3v) is 5.24. The van der Waals surface area contributed by atoms with Crippen LogP contribution in [-0.4, -0.2) is 7.11 Å². The minimum absolute atomic E-state index is 0.112. The van der Waals surface area contributed by atoms with Crippen LogP contribution in [0.15, 0.2) is 16.6 Å². The number of methoxy groups -OCH3 is 1. The maximum Gasteiger partial charge on any atom is 0.141 e. The molecule has 1 aliphatic carbocycles. The molecule has 0 N–H and O–H groups in total. The highest BCUT2D eigenvalue weighted by Gasteiger charge is 2.28. The normalized spacial score (nSPS) is 25.1. The van der Waals surface area contributed by atoms with E-state index in [1.807, 2.05) is 0 Å². The van der Waals surface area contributed by atoms with Gasteiger partial charge < -0.3 is 4.74 Å². The predicted octanol–water partition coefficient (Wildman–Crippen LogP) is 5.70. The van der Waals surface area contributed by atoms with Crippen LogP contribution in [0.3, 0.4) is 0 Å². The average Bonchev–Trinajstić information content (AvgIpc) is 2.41. The molecule has 0 radical (unpaired) electrons. The molecule has 0 heterocycles. The fourth-order valence-electron chi connectivity index (χ4n) is 2.77. The monoisotopic (exact) mass is 348 g/mol. The molecule has 1 unspecified atom stereocenters. The van der Waals surface area contributed by atoms with Gasteiger partial charge >= 0.3 is 0 Å². The number of rotatable bonds is 3. The third-order valence-electron chi connectivity index (χ3n) is 4.04. The first-order valence-electron chi connectivity index (χ1n) is 6.70. The first kappa shape index (κ1) is 15.1. The van der Waals surface area contributed by atoms with E-state index in [2.05, 4.69) is 22.9 Å². The Morgan fingerprint density at radius 2 is 1.95 bits per heavy atom. The van der Waals surface area contributed by atoms with Crippen molar-refractivity contribution >= 4 is 27.5 Å². The summed E-state index contributed by atoms with van der Waals surface area (Å²) in [6.07, 6.45) is 4.71. The van der Waals surface area contributed by atoms with Gasteiger partial charge in [-0.1, -0.05) is 19.8 Å². The summed E-state index contributed by atoms with van der Waals surface area (Å²) in [7, 11) is 1.55. The highest BCUT2D eigenvalue weighted by atomic mass is 79.9. The van der Waals surface area contributed by atoms with Gasteiger partial charge in [-0.2, -0.15) is 0 Å². The van der Waals surface area contributed by atoms with Crippen molar-refractivity contribution in [1.82, 2.24) is 0 Å². The van der Waals surface area contributed by atoms with E-state index >= 15 is 0 Å². The van der Waals surface area contributed by atoms with E-state index in [4.69, 9.17) is 16.3 Å². The number of hydrogen-bond donors (Lipinski definition) is 0. The molecule has 1 aromatic carbocycles. The van der Waals surface area contributed by atoms with Crippen molar-refractivity contribution in [2.75, 3.05) is 7.11 Å². The Labute approximate surface area is 127 Å². The van der Waals surface area contributed by atoms with Gasteiger partial charge in [0.2, 0.25) is 0 Å². The van der Waals surface area contributed by atoms with E-state index in [0.29, 0.717) is 16.1 Å². The number of ether oxygens (including phenoxy) is 1. The van der Waals surface area contributed by atoms with Crippen LogP contribution in [-0.2, 0) is 0 Å². The van der Waals surface area contributed by atoms with Crippen molar-refractivity contribution in [1.29, 1.82) is 0 Å². The van der Waals surface area contributed by atoms with Crippen LogP contribution in [0.2, 0.25) is 0 Å². The van der Waals surface area contributed by atoms with Gasteiger partial charge in [-0.15, -0.1) is 11.6 Å². The fraction of sp³-hybridized carbons (Fsp3) is 0.600. The van der Waals surface area contributed by atoms with Crippen molar-refractivity contribution in [3.8, 4) is 5.75 Å². The molecule has 1 fully saturated rings. The van der Waals surface area contributed by atoms with Crippen molar-refractivity contribution in [3.05, 3.63) is 28.0 Å². The maximum absolute atomic E-state index is 13.5.